The second-order valence-electron chi connectivity index (χ2n) is 5.02. The molecule has 7 heteroatoms. The largest absolute Gasteiger partial charge is 0.398 e. The summed E-state index contributed by atoms with van der Waals surface area (Å²) in [6.45, 7) is 3.83. The van der Waals surface area contributed by atoms with Gasteiger partial charge in [0.25, 0.3) is 0 Å². The van der Waals surface area contributed by atoms with Gasteiger partial charge in [0.1, 0.15) is 0 Å². The van der Waals surface area contributed by atoms with Crippen LogP contribution in [0.15, 0.2) is 23.1 Å². The molecule has 1 aliphatic rings. The molecule has 0 radical (unpaired) electrons. The molecule has 1 aliphatic heterocycles. The second-order valence-corrected chi connectivity index (χ2v) is 6.93. The van der Waals surface area contributed by atoms with Crippen LogP contribution in [0.5, 0.6) is 0 Å². The van der Waals surface area contributed by atoms with Gasteiger partial charge in [-0.3, -0.25) is 4.79 Å². The summed E-state index contributed by atoms with van der Waals surface area (Å²) in [5.74, 6) is -0.144. The highest BCUT2D eigenvalue weighted by Crippen LogP contribution is 2.26. The third-order valence-corrected chi connectivity index (χ3v) is 5.51. The van der Waals surface area contributed by atoms with E-state index in [1.54, 1.807) is 25.1 Å². The molecule has 1 fully saturated rings. The Morgan fingerprint density at radius 3 is 2.80 bits per heavy atom. The Balaban J connectivity index is 2.24. The number of sulfonamides is 1. The molecule has 0 spiro atoms. The minimum absolute atomic E-state index is 0.122. The molecule has 1 atom stereocenters. The van der Waals surface area contributed by atoms with Crippen molar-refractivity contribution in [2.75, 3.05) is 18.8 Å². The lowest BCUT2D eigenvalue weighted by Gasteiger charge is -2.18. The number of rotatable bonds is 3. The highest BCUT2D eigenvalue weighted by molar-refractivity contribution is 7.89. The minimum Gasteiger partial charge on any atom is -0.398 e. The summed E-state index contributed by atoms with van der Waals surface area (Å²) in [5, 5.41) is 2.75. The summed E-state index contributed by atoms with van der Waals surface area (Å²) in [7, 11) is -3.56. The Morgan fingerprint density at radius 1 is 1.45 bits per heavy atom. The standard InChI is InChI=1S/C13H19N3O3S/c1-9-12(14)4-3-5-13(9)20(18,19)16-7-6-11(8-16)15-10(2)17/h3-5,11H,6-8,14H2,1-2H3,(H,15,17). The molecule has 0 bridgehead atoms. The van der Waals surface area contributed by atoms with Crippen LogP contribution >= 0.6 is 0 Å². The van der Waals surface area contributed by atoms with Crippen molar-refractivity contribution in [2.24, 2.45) is 0 Å². The van der Waals surface area contributed by atoms with Crippen molar-refractivity contribution in [3.8, 4) is 0 Å². The van der Waals surface area contributed by atoms with Crippen LogP contribution in [0.3, 0.4) is 0 Å². The summed E-state index contributed by atoms with van der Waals surface area (Å²) < 4.78 is 26.6. The molecule has 0 aromatic heterocycles. The number of carbonyl (C=O) groups is 1. The Morgan fingerprint density at radius 2 is 2.15 bits per heavy atom. The summed E-state index contributed by atoms with van der Waals surface area (Å²) in [6.07, 6.45) is 0.625. The summed E-state index contributed by atoms with van der Waals surface area (Å²) in [5.41, 5.74) is 6.80. The number of carbonyl (C=O) groups excluding carboxylic acids is 1. The summed E-state index contributed by atoms with van der Waals surface area (Å²) >= 11 is 0. The van der Waals surface area contributed by atoms with Crippen molar-refractivity contribution < 1.29 is 13.2 Å². The molecule has 1 aromatic carbocycles. The number of hydrogen-bond acceptors (Lipinski definition) is 4. The van der Waals surface area contributed by atoms with E-state index in [0.29, 0.717) is 30.8 Å². The predicted octanol–water partition coefficient (Wildman–Crippen LogP) is 0.476. The molecular formula is C13H19N3O3S. The lowest BCUT2D eigenvalue weighted by molar-refractivity contribution is -0.119. The molecule has 0 saturated carbocycles. The highest BCUT2D eigenvalue weighted by atomic mass is 32.2. The zero-order chi connectivity index (χ0) is 14.9. The van der Waals surface area contributed by atoms with Gasteiger partial charge in [0.05, 0.1) is 4.90 Å². The number of nitrogen functional groups attached to an aromatic ring is 1. The maximum Gasteiger partial charge on any atom is 0.243 e. The minimum atomic E-state index is -3.56. The smallest absolute Gasteiger partial charge is 0.243 e. The molecule has 1 saturated heterocycles. The van der Waals surface area contributed by atoms with E-state index < -0.39 is 10.0 Å². The molecule has 1 amide bonds. The van der Waals surface area contributed by atoms with Crippen LogP contribution in [0.1, 0.15) is 18.9 Å². The van der Waals surface area contributed by atoms with Gasteiger partial charge in [-0.05, 0) is 31.0 Å². The van der Waals surface area contributed by atoms with Gasteiger partial charge < -0.3 is 11.1 Å². The van der Waals surface area contributed by atoms with Crippen LogP contribution in [-0.2, 0) is 14.8 Å². The van der Waals surface area contributed by atoms with Crippen LogP contribution in [0, 0.1) is 6.92 Å². The molecule has 1 unspecified atom stereocenters. The number of benzene rings is 1. The molecular weight excluding hydrogens is 278 g/mol. The van der Waals surface area contributed by atoms with Crippen molar-refractivity contribution in [2.45, 2.75) is 31.2 Å². The summed E-state index contributed by atoms with van der Waals surface area (Å²) in [6, 6.07) is 4.76. The highest BCUT2D eigenvalue weighted by Gasteiger charge is 2.33. The first-order chi connectivity index (χ1) is 9.32. The van der Waals surface area contributed by atoms with Gasteiger partial charge in [-0.1, -0.05) is 6.07 Å². The average molecular weight is 297 g/mol. The van der Waals surface area contributed by atoms with Crippen molar-refractivity contribution in [3.05, 3.63) is 23.8 Å². The monoisotopic (exact) mass is 297 g/mol. The number of hydrogen-bond donors (Lipinski definition) is 2. The van der Waals surface area contributed by atoms with Crippen molar-refractivity contribution in [1.82, 2.24) is 9.62 Å². The van der Waals surface area contributed by atoms with E-state index in [1.807, 2.05) is 0 Å². The van der Waals surface area contributed by atoms with E-state index in [-0.39, 0.29) is 16.8 Å². The fourth-order valence-corrected chi connectivity index (χ4v) is 4.16. The van der Waals surface area contributed by atoms with Gasteiger partial charge in [-0.2, -0.15) is 4.31 Å². The van der Waals surface area contributed by atoms with Crippen LogP contribution in [0.4, 0.5) is 5.69 Å². The third kappa shape index (κ3) is 2.78. The molecule has 20 heavy (non-hydrogen) atoms. The zero-order valence-electron chi connectivity index (χ0n) is 11.6. The first-order valence-electron chi connectivity index (χ1n) is 6.44. The van der Waals surface area contributed by atoms with Gasteiger partial charge in [0.2, 0.25) is 15.9 Å². The third-order valence-electron chi connectivity index (χ3n) is 3.50. The van der Waals surface area contributed by atoms with Crippen LogP contribution < -0.4 is 11.1 Å². The van der Waals surface area contributed by atoms with Crippen molar-refractivity contribution in [3.63, 3.8) is 0 Å². The average Bonchev–Trinajstić information content (AvgIpc) is 2.80. The zero-order valence-corrected chi connectivity index (χ0v) is 12.4. The van der Waals surface area contributed by atoms with Crippen molar-refractivity contribution in [1.29, 1.82) is 0 Å². The van der Waals surface area contributed by atoms with Crippen molar-refractivity contribution >= 4 is 21.6 Å². The SMILES string of the molecule is CC(=O)NC1CCN(S(=O)(=O)c2cccc(N)c2C)C1. The molecule has 110 valence electrons. The fraction of sp³-hybridized carbons (Fsp3) is 0.462. The number of nitrogens with two attached hydrogens (primary N) is 1. The number of amides is 1. The molecule has 1 heterocycles. The van der Waals surface area contributed by atoms with E-state index in [2.05, 4.69) is 5.32 Å². The quantitative estimate of drug-likeness (QED) is 0.794. The van der Waals surface area contributed by atoms with Gasteiger partial charge in [-0.25, -0.2) is 8.42 Å². The first kappa shape index (κ1) is 14.8. The van der Waals surface area contributed by atoms with E-state index in [1.165, 1.54) is 11.2 Å². The van der Waals surface area contributed by atoms with Crippen LogP contribution in [-0.4, -0.2) is 37.8 Å². The summed E-state index contributed by atoms with van der Waals surface area (Å²) in [4.78, 5) is 11.3. The lowest BCUT2D eigenvalue weighted by Crippen LogP contribution is -2.37. The van der Waals surface area contributed by atoms with E-state index >= 15 is 0 Å². The first-order valence-corrected chi connectivity index (χ1v) is 7.88. The van der Waals surface area contributed by atoms with E-state index in [0.717, 1.165) is 0 Å². The number of anilines is 1. The molecule has 1 aromatic rings. The van der Waals surface area contributed by atoms with Crippen LogP contribution in [0.2, 0.25) is 0 Å². The topological polar surface area (TPSA) is 92.5 Å². The number of nitrogens with zero attached hydrogens (tertiary/aromatic N) is 1. The maximum atomic E-state index is 12.6. The Hall–Kier alpha value is -1.60. The lowest BCUT2D eigenvalue weighted by atomic mass is 10.2. The van der Waals surface area contributed by atoms with E-state index in [9.17, 15) is 13.2 Å². The Labute approximate surface area is 119 Å². The molecule has 2 rings (SSSR count). The normalized spacial score (nSPS) is 20.0. The molecule has 6 nitrogen and oxygen atoms in total. The predicted molar refractivity (Wildman–Crippen MR) is 76.6 cm³/mol. The van der Waals surface area contributed by atoms with Gasteiger partial charge in [0, 0.05) is 31.7 Å². The molecule has 0 aliphatic carbocycles. The van der Waals surface area contributed by atoms with Crippen LogP contribution in [0.25, 0.3) is 0 Å². The molecule has 3 N–H and O–H groups in total. The van der Waals surface area contributed by atoms with E-state index in [4.69, 9.17) is 5.73 Å². The Bertz CT molecular complexity index is 628. The van der Waals surface area contributed by atoms with Gasteiger partial charge >= 0.3 is 0 Å². The second kappa shape index (κ2) is 5.41. The Kier molecular flexibility index (Phi) is 4.01. The fourth-order valence-electron chi connectivity index (χ4n) is 2.40. The van der Waals surface area contributed by atoms with Gasteiger partial charge in [-0.15, -0.1) is 0 Å². The number of nitrogens with one attached hydrogen (secondary N) is 1. The maximum absolute atomic E-state index is 12.6. The van der Waals surface area contributed by atoms with Gasteiger partial charge in [0.15, 0.2) is 0 Å².